The van der Waals surface area contributed by atoms with Crippen LogP contribution in [0.3, 0.4) is 0 Å². The van der Waals surface area contributed by atoms with Crippen LogP contribution in [0.5, 0.6) is 0 Å². The van der Waals surface area contributed by atoms with Gasteiger partial charge in [0.25, 0.3) is 0 Å². The normalized spacial score (nSPS) is 11.5. The van der Waals surface area contributed by atoms with Crippen LogP contribution in [0, 0.1) is 6.92 Å². The van der Waals surface area contributed by atoms with E-state index in [1.807, 2.05) is 37.5 Å². The highest BCUT2D eigenvalue weighted by Crippen LogP contribution is 2.28. The van der Waals surface area contributed by atoms with Gasteiger partial charge in [0.1, 0.15) is 11.5 Å². The van der Waals surface area contributed by atoms with Gasteiger partial charge in [-0.15, -0.1) is 0 Å². The Kier molecular flexibility index (Phi) is 2.72. The number of aromatic nitrogens is 4. The van der Waals surface area contributed by atoms with E-state index in [4.69, 9.17) is 16.6 Å². The van der Waals surface area contributed by atoms with E-state index in [0.29, 0.717) is 0 Å². The first-order valence-corrected chi connectivity index (χ1v) is 7.15. The maximum absolute atomic E-state index is 6.27. The average Bonchev–Trinajstić information content (AvgIpc) is 3.09. The molecule has 0 atom stereocenters. The molecule has 0 bridgehead atoms. The number of nitrogens with one attached hydrogen (secondary N) is 1. The zero-order valence-corrected chi connectivity index (χ0v) is 12.2. The van der Waals surface area contributed by atoms with E-state index in [1.54, 1.807) is 6.20 Å². The van der Waals surface area contributed by atoms with Gasteiger partial charge in [-0.2, -0.15) is 0 Å². The van der Waals surface area contributed by atoms with Crippen molar-refractivity contribution in [3.63, 3.8) is 0 Å². The molecule has 4 rings (SSSR count). The van der Waals surface area contributed by atoms with E-state index in [-0.39, 0.29) is 0 Å². The summed E-state index contributed by atoms with van der Waals surface area (Å²) in [5, 5.41) is 2.85. The van der Waals surface area contributed by atoms with Crippen LogP contribution < -0.4 is 0 Å². The first-order chi connectivity index (χ1) is 10.2. The third-order valence-electron chi connectivity index (χ3n) is 3.78. The van der Waals surface area contributed by atoms with Crippen LogP contribution in [0.25, 0.3) is 16.4 Å². The molecule has 0 amide bonds. The fourth-order valence-corrected chi connectivity index (χ4v) is 2.98. The van der Waals surface area contributed by atoms with Gasteiger partial charge in [0, 0.05) is 40.8 Å². The molecule has 0 aliphatic carbocycles. The molecular weight excluding hydrogens is 284 g/mol. The fraction of sp³-hybridized carbons (Fsp3) is 0.125. The van der Waals surface area contributed by atoms with Crippen molar-refractivity contribution >= 4 is 28.0 Å². The smallest absolute Gasteiger partial charge is 0.145 e. The quantitative estimate of drug-likeness (QED) is 0.612. The highest BCUT2D eigenvalue weighted by molar-refractivity contribution is 6.35. The van der Waals surface area contributed by atoms with Crippen LogP contribution in [-0.2, 0) is 6.42 Å². The van der Waals surface area contributed by atoms with Crippen LogP contribution in [0.1, 0.15) is 17.2 Å². The topological polar surface area (TPSA) is 46.0 Å². The zero-order valence-electron chi connectivity index (χ0n) is 11.5. The summed E-state index contributed by atoms with van der Waals surface area (Å²) in [6, 6.07) is 7.96. The second-order valence-electron chi connectivity index (χ2n) is 5.07. The van der Waals surface area contributed by atoms with Crippen molar-refractivity contribution in [1.29, 1.82) is 0 Å². The summed E-state index contributed by atoms with van der Waals surface area (Å²) >= 11 is 6.27. The number of halogens is 1. The molecule has 1 aromatic carbocycles. The van der Waals surface area contributed by atoms with E-state index >= 15 is 0 Å². The Bertz CT molecular complexity index is 938. The van der Waals surface area contributed by atoms with Crippen LogP contribution in [-0.4, -0.2) is 19.4 Å². The highest BCUT2D eigenvalue weighted by Gasteiger charge is 2.13. The molecule has 3 heterocycles. The molecule has 3 aromatic heterocycles. The fourth-order valence-electron chi connectivity index (χ4n) is 2.75. The van der Waals surface area contributed by atoms with Crippen LogP contribution in [0.2, 0.25) is 5.02 Å². The number of pyridine rings is 1. The van der Waals surface area contributed by atoms with E-state index < -0.39 is 0 Å². The molecular formula is C16H13ClN4. The summed E-state index contributed by atoms with van der Waals surface area (Å²) in [5.74, 6) is 0.936. The van der Waals surface area contributed by atoms with Crippen LogP contribution in [0.4, 0.5) is 0 Å². The zero-order chi connectivity index (χ0) is 14.4. The van der Waals surface area contributed by atoms with Gasteiger partial charge in [-0.25, -0.2) is 9.97 Å². The van der Waals surface area contributed by atoms with Crippen molar-refractivity contribution in [3.05, 3.63) is 65.1 Å². The van der Waals surface area contributed by atoms with Crippen molar-refractivity contribution in [2.45, 2.75) is 13.3 Å². The lowest BCUT2D eigenvalue weighted by Crippen LogP contribution is -1.98. The molecule has 4 nitrogen and oxygen atoms in total. The molecule has 104 valence electrons. The first-order valence-electron chi connectivity index (χ1n) is 6.77. The van der Waals surface area contributed by atoms with Crippen molar-refractivity contribution < 1.29 is 0 Å². The Labute approximate surface area is 126 Å². The van der Waals surface area contributed by atoms with Crippen molar-refractivity contribution in [3.8, 4) is 0 Å². The predicted octanol–water partition coefficient (Wildman–Crippen LogP) is 3.76. The summed E-state index contributed by atoms with van der Waals surface area (Å²) < 4.78 is 2.12. The molecule has 0 radical (unpaired) electrons. The maximum atomic E-state index is 6.27. The third kappa shape index (κ3) is 1.91. The number of aromatic amines is 1. The second-order valence-corrected chi connectivity index (χ2v) is 5.47. The van der Waals surface area contributed by atoms with E-state index in [0.717, 1.165) is 45.1 Å². The average molecular weight is 297 g/mol. The number of hydrogen-bond donors (Lipinski definition) is 1. The molecule has 0 aliphatic rings. The second kappa shape index (κ2) is 4.60. The predicted molar refractivity (Wildman–Crippen MR) is 83.8 cm³/mol. The van der Waals surface area contributed by atoms with Crippen molar-refractivity contribution in [2.75, 3.05) is 0 Å². The monoisotopic (exact) mass is 296 g/mol. The number of hydrogen-bond acceptors (Lipinski definition) is 2. The molecule has 4 aromatic rings. The summed E-state index contributed by atoms with van der Waals surface area (Å²) in [6.45, 7) is 2.03. The molecule has 0 aliphatic heterocycles. The van der Waals surface area contributed by atoms with Crippen molar-refractivity contribution in [2.24, 2.45) is 0 Å². The first kappa shape index (κ1) is 12.4. The number of H-pyrrole nitrogens is 1. The molecule has 5 heteroatoms. The largest absolute Gasteiger partial charge is 0.348 e. The van der Waals surface area contributed by atoms with Gasteiger partial charge < -0.3 is 9.38 Å². The summed E-state index contributed by atoms with van der Waals surface area (Å²) in [5.41, 5.74) is 3.09. The molecule has 0 saturated carbocycles. The summed E-state index contributed by atoms with van der Waals surface area (Å²) in [6.07, 6.45) is 6.36. The Morgan fingerprint density at radius 3 is 2.95 bits per heavy atom. The molecule has 1 N–H and O–H groups in total. The number of nitrogens with zero attached hydrogens (tertiary/aromatic N) is 3. The van der Waals surface area contributed by atoms with Crippen LogP contribution >= 0.6 is 11.6 Å². The summed E-state index contributed by atoms with van der Waals surface area (Å²) in [7, 11) is 0. The molecule has 21 heavy (non-hydrogen) atoms. The number of aryl methyl sites for hydroxylation is 1. The Morgan fingerprint density at radius 2 is 2.14 bits per heavy atom. The van der Waals surface area contributed by atoms with E-state index in [1.165, 1.54) is 0 Å². The lowest BCUT2D eigenvalue weighted by molar-refractivity contribution is 0.943. The lowest BCUT2D eigenvalue weighted by Gasteiger charge is -2.05. The number of benzene rings is 1. The van der Waals surface area contributed by atoms with Gasteiger partial charge in [0.2, 0.25) is 0 Å². The molecule has 0 unspecified atom stereocenters. The number of fused-ring (bicyclic) bond motifs is 3. The Morgan fingerprint density at radius 1 is 1.24 bits per heavy atom. The van der Waals surface area contributed by atoms with Crippen molar-refractivity contribution in [1.82, 2.24) is 19.4 Å². The van der Waals surface area contributed by atoms with Gasteiger partial charge in [-0.1, -0.05) is 23.7 Å². The number of imidazole rings is 2. The van der Waals surface area contributed by atoms with Gasteiger partial charge >= 0.3 is 0 Å². The molecule has 0 fully saturated rings. The maximum Gasteiger partial charge on any atom is 0.145 e. The highest BCUT2D eigenvalue weighted by atomic mass is 35.5. The van der Waals surface area contributed by atoms with Gasteiger partial charge in [0.15, 0.2) is 0 Å². The SMILES string of the molecule is Cc1nc2c3cccc(Cl)c3ccn2c1Cc1ncc[nH]1. The van der Waals surface area contributed by atoms with Gasteiger partial charge in [-0.3, -0.25) is 0 Å². The third-order valence-corrected chi connectivity index (χ3v) is 4.11. The Balaban J connectivity index is 1.99. The van der Waals surface area contributed by atoms with Gasteiger partial charge in [-0.05, 0) is 19.1 Å². The molecule has 0 saturated heterocycles. The minimum absolute atomic E-state index is 0.728. The Hall–Kier alpha value is -2.33. The van der Waals surface area contributed by atoms with E-state index in [9.17, 15) is 0 Å². The van der Waals surface area contributed by atoms with Crippen LogP contribution in [0.15, 0.2) is 42.9 Å². The van der Waals surface area contributed by atoms with E-state index in [2.05, 4.69) is 20.4 Å². The lowest BCUT2D eigenvalue weighted by atomic mass is 10.1. The van der Waals surface area contributed by atoms with Gasteiger partial charge in [0.05, 0.1) is 11.4 Å². The summed E-state index contributed by atoms with van der Waals surface area (Å²) in [4.78, 5) is 12.2. The minimum Gasteiger partial charge on any atom is -0.348 e. The standard InChI is InChI=1S/C16H13ClN4/c1-10-14(9-15-18-6-7-19-15)21-8-5-11-12(16(21)20-10)3-2-4-13(11)17/h2-8H,9H2,1H3,(H,18,19). The number of rotatable bonds is 2. The molecule has 0 spiro atoms. The minimum atomic E-state index is 0.728.